The number of hydrogen-bond acceptors (Lipinski definition) is 2. The van der Waals surface area contributed by atoms with Crippen molar-refractivity contribution in [2.45, 2.75) is 32.6 Å². The summed E-state index contributed by atoms with van der Waals surface area (Å²) in [6.45, 7) is 7.82. The fourth-order valence-electron chi connectivity index (χ4n) is 3.02. The second-order valence-electron chi connectivity index (χ2n) is 6.07. The van der Waals surface area contributed by atoms with Gasteiger partial charge >= 0.3 is 0 Å². The first-order valence-electron chi connectivity index (χ1n) is 6.90. The van der Waals surface area contributed by atoms with E-state index in [9.17, 15) is 0 Å². The van der Waals surface area contributed by atoms with Crippen LogP contribution in [0, 0.1) is 0 Å². The molecule has 1 aliphatic heterocycles. The van der Waals surface area contributed by atoms with Crippen LogP contribution in [0.3, 0.4) is 0 Å². The average Bonchev–Trinajstić information content (AvgIpc) is 2.93. The van der Waals surface area contributed by atoms with E-state index in [1.54, 1.807) is 0 Å². The molecule has 3 heteroatoms. The summed E-state index contributed by atoms with van der Waals surface area (Å²) in [5.41, 5.74) is 5.35. The molecule has 2 aromatic rings. The van der Waals surface area contributed by atoms with E-state index >= 15 is 0 Å². The third kappa shape index (κ3) is 1.93. The number of aromatic nitrogens is 2. The summed E-state index contributed by atoms with van der Waals surface area (Å²) in [7, 11) is 2.17. The molecule has 0 saturated carbocycles. The minimum Gasteiger partial charge on any atom is -0.373 e. The van der Waals surface area contributed by atoms with Gasteiger partial charge in [0.25, 0.3) is 0 Å². The Morgan fingerprint density at radius 1 is 1.32 bits per heavy atom. The van der Waals surface area contributed by atoms with Crippen molar-refractivity contribution in [2.75, 3.05) is 18.5 Å². The van der Waals surface area contributed by atoms with Crippen LogP contribution in [0.15, 0.2) is 30.7 Å². The lowest BCUT2D eigenvalue weighted by Crippen LogP contribution is -2.24. The summed E-state index contributed by atoms with van der Waals surface area (Å²) >= 11 is 0. The van der Waals surface area contributed by atoms with Gasteiger partial charge < -0.3 is 9.47 Å². The largest absolute Gasteiger partial charge is 0.373 e. The molecule has 1 aromatic carbocycles. The highest BCUT2D eigenvalue weighted by atomic mass is 15.1. The molecule has 2 heterocycles. The maximum Gasteiger partial charge on any atom is 0.0995 e. The number of fused-ring (bicyclic) bond motifs is 1. The molecule has 0 unspecified atom stereocenters. The van der Waals surface area contributed by atoms with Gasteiger partial charge in [0.05, 0.1) is 12.0 Å². The fraction of sp³-hybridized carbons (Fsp3) is 0.438. The lowest BCUT2D eigenvalue weighted by molar-refractivity contribution is 0.563. The number of anilines is 1. The van der Waals surface area contributed by atoms with Gasteiger partial charge in [0.2, 0.25) is 0 Å². The number of likely N-dealkylation sites (N-methyl/N-ethyl adjacent to an activating group) is 1. The standard InChI is InChI=1S/C16H21N3/c1-5-12-9-19(11-17-12)13-6-7-14-15(8-13)18(4)10-16(14,2)3/h6-9,11H,5,10H2,1-4H3. The number of rotatable bonds is 2. The van der Waals surface area contributed by atoms with Crippen molar-refractivity contribution in [2.24, 2.45) is 0 Å². The number of benzene rings is 1. The van der Waals surface area contributed by atoms with Gasteiger partial charge in [-0.2, -0.15) is 0 Å². The Bertz CT molecular complexity index is 610. The number of hydrogen-bond donors (Lipinski definition) is 0. The minimum absolute atomic E-state index is 0.242. The summed E-state index contributed by atoms with van der Waals surface area (Å²) in [6.07, 6.45) is 4.99. The summed E-state index contributed by atoms with van der Waals surface area (Å²) in [5.74, 6) is 0. The molecule has 0 amide bonds. The van der Waals surface area contributed by atoms with Crippen LogP contribution in [0.25, 0.3) is 5.69 Å². The zero-order valence-electron chi connectivity index (χ0n) is 12.1. The van der Waals surface area contributed by atoms with Crippen LogP contribution >= 0.6 is 0 Å². The summed E-state index contributed by atoms with van der Waals surface area (Å²) in [4.78, 5) is 6.75. The molecule has 0 aliphatic carbocycles. The van der Waals surface area contributed by atoms with Gasteiger partial charge in [-0.3, -0.25) is 0 Å². The Balaban J connectivity index is 2.05. The normalized spacial score (nSPS) is 16.7. The van der Waals surface area contributed by atoms with Gasteiger partial charge in [0.15, 0.2) is 0 Å². The Hall–Kier alpha value is -1.77. The smallest absolute Gasteiger partial charge is 0.0995 e. The van der Waals surface area contributed by atoms with Crippen molar-refractivity contribution in [3.63, 3.8) is 0 Å². The molecular formula is C16H21N3. The lowest BCUT2D eigenvalue weighted by Gasteiger charge is -2.18. The molecule has 0 spiro atoms. The third-order valence-electron chi connectivity index (χ3n) is 4.05. The lowest BCUT2D eigenvalue weighted by atomic mass is 9.87. The van der Waals surface area contributed by atoms with Gasteiger partial charge in [-0.1, -0.05) is 26.8 Å². The highest BCUT2D eigenvalue weighted by molar-refractivity contribution is 5.65. The molecule has 0 bridgehead atoms. The molecule has 19 heavy (non-hydrogen) atoms. The van der Waals surface area contributed by atoms with Crippen molar-refractivity contribution in [3.05, 3.63) is 42.0 Å². The molecular weight excluding hydrogens is 234 g/mol. The second kappa shape index (κ2) is 4.12. The molecule has 0 N–H and O–H groups in total. The van der Waals surface area contributed by atoms with E-state index < -0.39 is 0 Å². The van der Waals surface area contributed by atoms with Crippen molar-refractivity contribution >= 4 is 5.69 Å². The van der Waals surface area contributed by atoms with Crippen molar-refractivity contribution in [3.8, 4) is 5.69 Å². The van der Waals surface area contributed by atoms with E-state index in [0.717, 1.165) is 18.7 Å². The van der Waals surface area contributed by atoms with Crippen molar-refractivity contribution < 1.29 is 0 Å². The molecule has 0 fully saturated rings. The predicted octanol–water partition coefficient (Wildman–Crippen LogP) is 3.16. The topological polar surface area (TPSA) is 21.1 Å². The molecule has 3 rings (SSSR count). The molecule has 0 saturated heterocycles. The molecule has 3 nitrogen and oxygen atoms in total. The number of aryl methyl sites for hydroxylation is 1. The maximum absolute atomic E-state index is 4.40. The van der Waals surface area contributed by atoms with Crippen LogP contribution in [-0.4, -0.2) is 23.1 Å². The molecule has 0 atom stereocenters. The van der Waals surface area contributed by atoms with Gasteiger partial charge in [-0.25, -0.2) is 4.98 Å². The van der Waals surface area contributed by atoms with E-state index in [-0.39, 0.29) is 5.41 Å². The molecule has 0 radical (unpaired) electrons. The van der Waals surface area contributed by atoms with Crippen molar-refractivity contribution in [1.29, 1.82) is 0 Å². The minimum atomic E-state index is 0.242. The highest BCUT2D eigenvalue weighted by Crippen LogP contribution is 2.40. The summed E-state index contributed by atoms with van der Waals surface area (Å²) < 4.78 is 2.11. The van der Waals surface area contributed by atoms with Crippen LogP contribution in [0.1, 0.15) is 32.0 Å². The van der Waals surface area contributed by atoms with Gasteiger partial charge in [-0.05, 0) is 24.1 Å². The molecule has 1 aromatic heterocycles. The maximum atomic E-state index is 4.40. The zero-order valence-corrected chi connectivity index (χ0v) is 12.1. The quantitative estimate of drug-likeness (QED) is 0.822. The number of imidazole rings is 1. The SMILES string of the molecule is CCc1cn(-c2ccc3c(c2)N(C)CC3(C)C)cn1. The first kappa shape index (κ1) is 12.3. The summed E-state index contributed by atoms with van der Waals surface area (Å²) in [6, 6.07) is 6.73. The Kier molecular flexibility index (Phi) is 2.66. The first-order valence-corrected chi connectivity index (χ1v) is 6.90. The monoisotopic (exact) mass is 255 g/mol. The number of nitrogens with zero attached hydrogens (tertiary/aromatic N) is 3. The second-order valence-corrected chi connectivity index (χ2v) is 6.07. The summed E-state index contributed by atoms with van der Waals surface area (Å²) in [5, 5.41) is 0. The Labute approximate surface area is 114 Å². The van der Waals surface area contributed by atoms with E-state index in [0.29, 0.717) is 0 Å². The van der Waals surface area contributed by atoms with Crippen LogP contribution in [0.2, 0.25) is 0 Å². The van der Waals surface area contributed by atoms with Crippen LogP contribution in [0.5, 0.6) is 0 Å². The Morgan fingerprint density at radius 3 is 2.79 bits per heavy atom. The van der Waals surface area contributed by atoms with Gasteiger partial charge in [0, 0.05) is 36.6 Å². The zero-order chi connectivity index (χ0) is 13.6. The van der Waals surface area contributed by atoms with Crippen LogP contribution in [0.4, 0.5) is 5.69 Å². The van der Waals surface area contributed by atoms with Gasteiger partial charge in [0.1, 0.15) is 0 Å². The van der Waals surface area contributed by atoms with Crippen molar-refractivity contribution in [1.82, 2.24) is 9.55 Å². The van der Waals surface area contributed by atoms with Crippen LogP contribution in [-0.2, 0) is 11.8 Å². The van der Waals surface area contributed by atoms with E-state index in [2.05, 4.69) is 66.7 Å². The fourth-order valence-corrected chi connectivity index (χ4v) is 3.02. The highest BCUT2D eigenvalue weighted by Gasteiger charge is 2.33. The Morgan fingerprint density at radius 2 is 2.11 bits per heavy atom. The molecule has 1 aliphatic rings. The third-order valence-corrected chi connectivity index (χ3v) is 4.05. The average molecular weight is 255 g/mol. The molecule has 100 valence electrons. The van der Waals surface area contributed by atoms with Crippen LogP contribution < -0.4 is 4.90 Å². The predicted molar refractivity (Wildman–Crippen MR) is 79.2 cm³/mol. The first-order chi connectivity index (χ1) is 9.01. The van der Waals surface area contributed by atoms with E-state index in [4.69, 9.17) is 0 Å². The van der Waals surface area contributed by atoms with Gasteiger partial charge in [-0.15, -0.1) is 0 Å². The van der Waals surface area contributed by atoms with E-state index in [1.807, 2.05) is 6.33 Å². The van der Waals surface area contributed by atoms with E-state index in [1.165, 1.54) is 16.9 Å².